The Morgan fingerprint density at radius 3 is 0.956 bits per heavy atom. The van der Waals surface area contributed by atoms with Crippen LogP contribution in [-0.2, 0) is 58.4 Å². The molecule has 0 heterocycles. The molecule has 8 aromatic carbocycles. The molecular formula is C52H40Cl2F12SiZr. The zero-order valence-corrected chi connectivity index (χ0v) is 41.5. The molecule has 0 aromatic heterocycles. The molecule has 0 aliphatic rings. The van der Waals surface area contributed by atoms with E-state index >= 15 is 0 Å². The number of hydrogen-bond acceptors (Lipinski definition) is 0. The quantitative estimate of drug-likeness (QED) is 0.0884. The van der Waals surface area contributed by atoms with Gasteiger partial charge in [0.25, 0.3) is 0 Å². The van der Waals surface area contributed by atoms with Gasteiger partial charge in [0.15, 0.2) is 0 Å². The molecule has 8 aromatic rings. The number of aryl methyl sites for hydroxylation is 2. The number of benzene rings is 6. The van der Waals surface area contributed by atoms with Crippen molar-refractivity contribution in [2.75, 3.05) is 0 Å². The van der Waals surface area contributed by atoms with Crippen LogP contribution in [0.3, 0.4) is 0 Å². The minimum atomic E-state index is -4.89. The molecule has 16 heteroatoms. The van der Waals surface area contributed by atoms with Crippen molar-refractivity contribution in [1.29, 1.82) is 0 Å². The summed E-state index contributed by atoms with van der Waals surface area (Å²) < 4.78 is 161. The average molecular weight is 1080 g/mol. The van der Waals surface area contributed by atoms with E-state index in [1.165, 1.54) is 0 Å². The summed E-state index contributed by atoms with van der Waals surface area (Å²) >= 11 is -0.826. The normalized spacial score (nSPS) is 11.8. The predicted molar refractivity (Wildman–Crippen MR) is 249 cm³/mol. The third-order valence-electron chi connectivity index (χ3n) is 10.7. The fraction of sp³-hybridized carbons (Fsp3) is 0.192. The maximum atomic E-state index is 13.4. The topological polar surface area (TPSA) is 0 Å². The van der Waals surface area contributed by atoms with Crippen LogP contribution in [0.4, 0.5) is 52.7 Å². The number of fused-ring (bicyclic) bond motifs is 2. The molecule has 0 nitrogen and oxygen atoms in total. The number of alkyl halides is 12. The second-order valence-corrected chi connectivity index (χ2v) is 20.0. The van der Waals surface area contributed by atoms with Gasteiger partial charge in [-0.05, 0) is 71.5 Å². The van der Waals surface area contributed by atoms with Gasteiger partial charge in [-0.1, -0.05) is 122 Å². The van der Waals surface area contributed by atoms with Crippen LogP contribution in [0.1, 0.15) is 47.2 Å². The second kappa shape index (κ2) is 22.9. The monoisotopic (exact) mass is 1080 g/mol. The summed E-state index contributed by atoms with van der Waals surface area (Å²) in [6.07, 6.45) is -18.6. The first-order chi connectivity index (χ1) is 32.0. The second-order valence-electron chi connectivity index (χ2n) is 15.3. The Kier molecular flexibility index (Phi) is 18.3. The Balaban J connectivity index is 0.000000228. The van der Waals surface area contributed by atoms with Crippen molar-refractivity contribution in [1.82, 2.24) is 0 Å². The molecule has 0 saturated carbocycles. The van der Waals surface area contributed by atoms with Crippen molar-refractivity contribution in [3.63, 3.8) is 0 Å². The zero-order chi connectivity index (χ0) is 50.2. The molecule has 0 aliphatic heterocycles. The number of rotatable bonds is 6. The molecule has 68 heavy (non-hydrogen) atoms. The Morgan fingerprint density at radius 1 is 0.426 bits per heavy atom. The first-order valence-corrected chi connectivity index (χ1v) is 29.0. The van der Waals surface area contributed by atoms with Crippen LogP contribution >= 0.6 is 17.0 Å². The Hall–Kier alpha value is -4.62. The van der Waals surface area contributed by atoms with Crippen LogP contribution in [-0.4, -0.2) is 9.52 Å². The van der Waals surface area contributed by atoms with Crippen LogP contribution in [0.25, 0.3) is 66.1 Å². The van der Waals surface area contributed by atoms with Gasteiger partial charge in [0.05, 0.1) is 22.3 Å². The van der Waals surface area contributed by atoms with Gasteiger partial charge in [0.2, 0.25) is 0 Å². The fourth-order valence-corrected chi connectivity index (χ4v) is 7.72. The Morgan fingerprint density at radius 2 is 0.706 bits per heavy atom. The molecule has 0 amide bonds. The summed E-state index contributed by atoms with van der Waals surface area (Å²) in [6, 6.07) is 37.0. The number of halogens is 14. The van der Waals surface area contributed by atoms with Crippen LogP contribution in [0.15, 0.2) is 146 Å². The third kappa shape index (κ3) is 13.4. The van der Waals surface area contributed by atoms with Gasteiger partial charge < -0.3 is 0 Å². The van der Waals surface area contributed by atoms with Crippen molar-refractivity contribution < 1.29 is 73.5 Å². The standard InChI is InChI=1S/2C25H17F6.C2H6Si.2ClH.Zr/c2*1-2-15-8-9-17-10-18(16-6-4-3-5-7-16)13-22(17)23(15)19-11-20(24(26,27)28)14-21(12-19)25(29,30)31;1-3-2;;;/h2*3-14H,2H2,1H3;1-2H3;2*1H;/q2*-1;;;;+4/p-2. The molecule has 0 bridgehead atoms. The summed E-state index contributed by atoms with van der Waals surface area (Å²) in [7, 11) is 11.0. The van der Waals surface area contributed by atoms with E-state index in [-0.39, 0.29) is 23.3 Å². The molecule has 354 valence electrons. The van der Waals surface area contributed by atoms with Crippen LogP contribution in [0.5, 0.6) is 0 Å². The molecule has 8 rings (SSSR count). The van der Waals surface area contributed by atoms with E-state index < -0.39 is 67.8 Å². The first kappa shape index (κ1) is 54.3. The molecule has 0 aliphatic carbocycles. The Labute approximate surface area is 407 Å². The SMILES string of the molecule is CCc1ccc2[cH-]c(-c3ccccc3)cc2c1-c1cc(C(F)(F)F)cc(C(F)(F)F)c1.CCc1ccc2[cH-]c(-c3ccccc3)cc2c1-c1cc(C(F)(F)F)cc(C(F)(F)F)c1.C[Si]C.[Cl][Zr+2][Cl]. The summed E-state index contributed by atoms with van der Waals surface area (Å²) in [5, 5.41) is 2.78. The number of hydrogen-bond donors (Lipinski definition) is 0. The van der Waals surface area contributed by atoms with Crippen molar-refractivity contribution >= 4 is 48.1 Å². The predicted octanol–water partition coefficient (Wildman–Crippen LogP) is 19.1. The van der Waals surface area contributed by atoms with Crippen molar-refractivity contribution in [2.24, 2.45) is 0 Å². The van der Waals surface area contributed by atoms with Gasteiger partial charge >= 0.3 is 62.6 Å². The summed E-state index contributed by atoms with van der Waals surface area (Å²) in [6.45, 7) is 7.95. The first-order valence-electron chi connectivity index (χ1n) is 20.7. The maximum absolute atomic E-state index is 13.4. The van der Waals surface area contributed by atoms with Crippen molar-refractivity contribution in [3.05, 3.63) is 179 Å². The van der Waals surface area contributed by atoms with E-state index in [0.29, 0.717) is 45.9 Å². The zero-order valence-electron chi connectivity index (χ0n) is 36.6. The molecule has 2 radical (unpaired) electrons. The van der Waals surface area contributed by atoms with Gasteiger partial charge in [-0.25, -0.2) is 0 Å². The van der Waals surface area contributed by atoms with E-state index in [1.807, 2.05) is 111 Å². The molecule has 0 saturated heterocycles. The van der Waals surface area contributed by atoms with Crippen molar-refractivity contribution in [2.45, 2.75) is 64.5 Å². The van der Waals surface area contributed by atoms with Gasteiger partial charge in [-0.15, -0.1) is 69.1 Å². The van der Waals surface area contributed by atoms with Crippen molar-refractivity contribution in [3.8, 4) is 44.5 Å². The van der Waals surface area contributed by atoms with Gasteiger partial charge in [-0.3, -0.25) is 0 Å². The van der Waals surface area contributed by atoms with E-state index in [2.05, 4.69) is 13.1 Å². The fourth-order valence-electron chi connectivity index (χ4n) is 7.72. The van der Waals surface area contributed by atoms with Crippen LogP contribution < -0.4 is 0 Å². The summed E-state index contributed by atoms with van der Waals surface area (Å²) in [5.41, 5.74) is 0.291. The summed E-state index contributed by atoms with van der Waals surface area (Å²) in [5.74, 6) is 0. The van der Waals surface area contributed by atoms with Gasteiger partial charge in [0, 0.05) is 9.52 Å². The van der Waals surface area contributed by atoms with E-state index in [9.17, 15) is 52.7 Å². The third-order valence-corrected chi connectivity index (χ3v) is 10.7. The molecular weight excluding hydrogens is 1040 g/mol. The van der Waals surface area contributed by atoms with Crippen LogP contribution in [0, 0.1) is 0 Å². The Bertz CT molecular complexity index is 2650. The van der Waals surface area contributed by atoms with Gasteiger partial charge in [-0.2, -0.15) is 52.7 Å². The van der Waals surface area contributed by atoms with E-state index in [0.717, 1.165) is 66.8 Å². The van der Waals surface area contributed by atoms with Crippen LogP contribution in [0.2, 0.25) is 13.1 Å². The molecule has 0 atom stereocenters. The molecule has 0 N–H and O–H groups in total. The molecule has 0 spiro atoms. The summed E-state index contributed by atoms with van der Waals surface area (Å²) in [4.78, 5) is 0. The van der Waals surface area contributed by atoms with Gasteiger partial charge in [0.1, 0.15) is 0 Å². The molecule has 0 unspecified atom stereocenters. The van der Waals surface area contributed by atoms with E-state index in [1.54, 1.807) is 12.1 Å². The van der Waals surface area contributed by atoms with E-state index in [4.69, 9.17) is 17.0 Å². The average Bonchev–Trinajstić information content (AvgIpc) is 3.94. The minimum absolute atomic E-state index is 0.0881. The molecule has 0 fully saturated rings.